The topological polar surface area (TPSA) is 123 Å². The molecule has 2 unspecified atom stereocenters. The zero-order chi connectivity index (χ0) is 30.2. The number of carbonyl (C=O) groups is 1. The van der Waals surface area contributed by atoms with Gasteiger partial charge in [0, 0.05) is 41.0 Å². The van der Waals surface area contributed by atoms with E-state index in [0.29, 0.717) is 40.4 Å². The molecule has 2 heterocycles. The van der Waals surface area contributed by atoms with Crippen molar-refractivity contribution in [1.29, 1.82) is 0 Å². The average molecular weight is 591 g/mol. The number of primary amides is 1. The van der Waals surface area contributed by atoms with Crippen LogP contribution >= 0.6 is 11.6 Å². The van der Waals surface area contributed by atoms with E-state index < -0.39 is 34.5 Å². The molecule has 2 aromatic heterocycles. The first kappa shape index (κ1) is 28.2. The van der Waals surface area contributed by atoms with Crippen LogP contribution in [0.5, 0.6) is 0 Å². The molecule has 1 amide bonds. The Balaban J connectivity index is 1.58. The smallest absolute Gasteiger partial charge is 0.335 e. The van der Waals surface area contributed by atoms with Gasteiger partial charge in [0.1, 0.15) is 5.82 Å². The number of nitrogens with one attached hydrogen (secondary N) is 1. The second-order valence-electron chi connectivity index (χ2n) is 12.0. The minimum atomic E-state index is -0.865. The van der Waals surface area contributed by atoms with Crippen LogP contribution in [0.4, 0.5) is 4.39 Å². The highest BCUT2D eigenvalue weighted by Crippen LogP contribution is 2.48. The molecule has 2 aliphatic carbocycles. The molecular formula is C32H32ClFN4O4. The molecule has 4 aromatic rings. The molecule has 0 saturated heterocycles. The van der Waals surface area contributed by atoms with Crippen molar-refractivity contribution in [1.82, 2.24) is 14.1 Å². The van der Waals surface area contributed by atoms with Gasteiger partial charge in [-0.25, -0.2) is 13.8 Å². The molecule has 0 bridgehead atoms. The molecule has 6 rings (SSSR count). The third-order valence-corrected chi connectivity index (χ3v) is 9.40. The number of aromatic amines is 1. The third kappa shape index (κ3) is 4.17. The maximum absolute atomic E-state index is 14.6. The number of aliphatic hydroxyl groups is 1. The SMILES string of the molecule is Cc1c(C2=C(Cl)CC(C(N)=O)c3[nH]c4c(c32)CCC(C(C)(C)O)C4)cccc1-n1c(=O)c2cccc(F)c2n(C)c1=O. The van der Waals surface area contributed by atoms with Gasteiger partial charge in [-0.1, -0.05) is 29.8 Å². The van der Waals surface area contributed by atoms with Gasteiger partial charge in [0.2, 0.25) is 5.91 Å². The van der Waals surface area contributed by atoms with E-state index in [1.54, 1.807) is 12.1 Å². The highest BCUT2D eigenvalue weighted by atomic mass is 35.5. The fourth-order valence-corrected chi connectivity index (χ4v) is 7.10. The van der Waals surface area contributed by atoms with Crippen LogP contribution in [-0.4, -0.2) is 30.7 Å². The molecule has 218 valence electrons. The Morgan fingerprint density at radius 1 is 1.17 bits per heavy atom. The highest BCUT2D eigenvalue weighted by Gasteiger charge is 2.39. The van der Waals surface area contributed by atoms with Gasteiger partial charge in [-0.15, -0.1) is 0 Å². The van der Waals surface area contributed by atoms with Crippen LogP contribution in [0.15, 0.2) is 51.0 Å². The van der Waals surface area contributed by atoms with Gasteiger partial charge >= 0.3 is 5.69 Å². The van der Waals surface area contributed by atoms with Crippen LogP contribution in [-0.2, 0) is 24.7 Å². The summed E-state index contributed by atoms with van der Waals surface area (Å²) in [5.41, 5.74) is 9.53. The van der Waals surface area contributed by atoms with Crippen LogP contribution in [0.2, 0.25) is 0 Å². The highest BCUT2D eigenvalue weighted by molar-refractivity contribution is 6.34. The molecule has 42 heavy (non-hydrogen) atoms. The molecule has 0 aliphatic heterocycles. The number of H-pyrrole nitrogens is 1. The van der Waals surface area contributed by atoms with Crippen molar-refractivity contribution < 1.29 is 14.3 Å². The molecule has 2 aromatic carbocycles. The summed E-state index contributed by atoms with van der Waals surface area (Å²) in [6.07, 6.45) is 2.24. The number of hydrogen-bond acceptors (Lipinski definition) is 4. The first-order valence-corrected chi connectivity index (χ1v) is 14.3. The van der Waals surface area contributed by atoms with E-state index in [1.165, 1.54) is 25.2 Å². The van der Waals surface area contributed by atoms with E-state index in [9.17, 15) is 23.9 Å². The number of allylic oxidation sites excluding steroid dienone is 1. The van der Waals surface area contributed by atoms with Gasteiger partial charge < -0.3 is 15.8 Å². The minimum absolute atomic E-state index is 0.0333. The lowest BCUT2D eigenvalue weighted by atomic mass is 9.75. The Bertz CT molecular complexity index is 1960. The Hall–Kier alpha value is -3.95. The van der Waals surface area contributed by atoms with Crippen molar-refractivity contribution in [3.63, 3.8) is 0 Å². The normalized spacial score (nSPS) is 18.7. The van der Waals surface area contributed by atoms with Gasteiger partial charge in [0.15, 0.2) is 0 Å². The second kappa shape index (κ2) is 9.81. The van der Waals surface area contributed by atoms with Gasteiger partial charge in [-0.2, -0.15) is 0 Å². The Kier molecular flexibility index (Phi) is 6.58. The molecule has 2 aliphatic rings. The lowest BCUT2D eigenvalue weighted by molar-refractivity contribution is -0.119. The van der Waals surface area contributed by atoms with Crippen LogP contribution in [0.3, 0.4) is 0 Å². The lowest BCUT2D eigenvalue weighted by Crippen LogP contribution is -2.38. The van der Waals surface area contributed by atoms with E-state index in [2.05, 4.69) is 4.98 Å². The van der Waals surface area contributed by atoms with Gasteiger partial charge in [-0.3, -0.25) is 14.2 Å². The maximum Gasteiger partial charge on any atom is 0.335 e. The maximum atomic E-state index is 14.6. The van der Waals surface area contributed by atoms with Gasteiger partial charge in [-0.05, 0) is 80.8 Å². The third-order valence-electron chi connectivity index (χ3n) is 9.06. The van der Waals surface area contributed by atoms with Crippen LogP contribution < -0.4 is 17.0 Å². The number of aryl methyl sites for hydroxylation is 1. The Labute approximate surface area is 246 Å². The molecular weight excluding hydrogens is 559 g/mol. The molecule has 2 atom stereocenters. The van der Waals surface area contributed by atoms with E-state index >= 15 is 0 Å². The summed E-state index contributed by atoms with van der Waals surface area (Å²) in [7, 11) is 1.44. The number of amides is 1. The van der Waals surface area contributed by atoms with Crippen LogP contribution in [0.1, 0.15) is 66.2 Å². The number of aromatic nitrogens is 3. The monoisotopic (exact) mass is 590 g/mol. The number of nitrogens with two attached hydrogens (primary N) is 1. The van der Waals surface area contributed by atoms with Crippen molar-refractivity contribution in [2.75, 3.05) is 0 Å². The number of fused-ring (bicyclic) bond motifs is 4. The molecule has 10 heteroatoms. The van der Waals surface area contributed by atoms with E-state index in [-0.39, 0.29) is 23.2 Å². The van der Waals surface area contributed by atoms with Crippen LogP contribution in [0, 0.1) is 18.7 Å². The van der Waals surface area contributed by atoms with Crippen molar-refractivity contribution in [2.24, 2.45) is 18.7 Å². The molecule has 0 fully saturated rings. The Morgan fingerprint density at radius 2 is 1.88 bits per heavy atom. The fraction of sp³-hybridized carbons (Fsp3) is 0.344. The van der Waals surface area contributed by atoms with Crippen molar-refractivity contribution in [3.05, 3.63) is 102 Å². The predicted molar refractivity (Wildman–Crippen MR) is 161 cm³/mol. The number of carbonyl (C=O) groups excluding carboxylic acids is 1. The summed E-state index contributed by atoms with van der Waals surface area (Å²) in [6, 6.07) is 9.46. The standard InChI is InChI=1S/C32H32ClFN4O4/c1-15-17(7-6-10-24(15)38-30(40)19-8-5-9-22(34)28(19)37(4)31(38)41)25-21(33)14-20(29(35)39)27-26(25)18-12-11-16(32(2,3)42)13-23(18)36-27/h5-10,16,20,36,42H,11-14H2,1-4H3,(H2,35,39). The molecule has 0 saturated carbocycles. The lowest BCUT2D eigenvalue weighted by Gasteiger charge is -2.33. The summed E-state index contributed by atoms with van der Waals surface area (Å²) in [5.74, 6) is -1.75. The average Bonchev–Trinajstić information content (AvgIpc) is 3.30. The number of hydrogen-bond donors (Lipinski definition) is 3. The van der Waals surface area contributed by atoms with Gasteiger partial charge in [0.25, 0.3) is 5.56 Å². The Morgan fingerprint density at radius 3 is 2.57 bits per heavy atom. The zero-order valence-corrected chi connectivity index (χ0v) is 24.6. The van der Waals surface area contributed by atoms with Crippen LogP contribution in [0.25, 0.3) is 22.2 Å². The predicted octanol–water partition coefficient (Wildman–Crippen LogP) is 4.31. The number of nitrogens with zero attached hydrogens (tertiary/aromatic N) is 2. The molecule has 0 spiro atoms. The van der Waals surface area contributed by atoms with E-state index in [4.69, 9.17) is 17.3 Å². The second-order valence-corrected chi connectivity index (χ2v) is 12.4. The molecule has 4 N–H and O–H groups in total. The van der Waals surface area contributed by atoms with Crippen molar-refractivity contribution in [3.8, 4) is 5.69 Å². The van der Waals surface area contributed by atoms with E-state index in [1.807, 2.05) is 26.8 Å². The van der Waals surface area contributed by atoms with Crippen molar-refractivity contribution in [2.45, 2.75) is 58.0 Å². The van der Waals surface area contributed by atoms with Crippen molar-refractivity contribution >= 4 is 34.0 Å². The quantitative estimate of drug-likeness (QED) is 0.328. The summed E-state index contributed by atoms with van der Waals surface area (Å²) < 4.78 is 16.8. The minimum Gasteiger partial charge on any atom is -0.390 e. The van der Waals surface area contributed by atoms with E-state index in [0.717, 1.165) is 37.9 Å². The number of halogens is 2. The number of benzene rings is 2. The number of rotatable bonds is 4. The molecule has 8 nitrogen and oxygen atoms in total. The summed E-state index contributed by atoms with van der Waals surface area (Å²) >= 11 is 6.98. The number of para-hydroxylation sites is 1. The molecule has 0 radical (unpaired) electrons. The summed E-state index contributed by atoms with van der Waals surface area (Å²) in [5, 5.41) is 11.3. The largest absolute Gasteiger partial charge is 0.390 e. The summed E-state index contributed by atoms with van der Waals surface area (Å²) in [6.45, 7) is 5.43. The zero-order valence-electron chi connectivity index (χ0n) is 23.8. The first-order valence-electron chi connectivity index (χ1n) is 14.0. The fourth-order valence-electron chi connectivity index (χ4n) is 6.75. The first-order chi connectivity index (χ1) is 19.8. The summed E-state index contributed by atoms with van der Waals surface area (Å²) in [4.78, 5) is 43.1. The van der Waals surface area contributed by atoms with Gasteiger partial charge in [0.05, 0.1) is 28.1 Å².